The fourth-order valence-corrected chi connectivity index (χ4v) is 11.2. The number of rotatable bonds is 16. The van der Waals surface area contributed by atoms with Gasteiger partial charge in [0.1, 0.15) is 30.1 Å². The molecule has 10 heteroatoms. The lowest BCUT2D eigenvalue weighted by molar-refractivity contribution is -0.287. The van der Waals surface area contributed by atoms with Crippen molar-refractivity contribution in [1.82, 2.24) is 0 Å². The maximum Gasteiger partial charge on any atom is 0.261 e. The third-order valence-electron chi connectivity index (χ3n) is 9.25. The summed E-state index contributed by atoms with van der Waals surface area (Å²) in [6.45, 7) is 13.1. The SMILES string of the molecule is C=CC(C)O[C@@H]1O[C@H](CO[Si](c2ccccc2)(c2ccccc2)C(C)(C)C)[C@@H](OCc2ccc(OC)cc2)[C@H](OCc2ccccc2)[C@H]1N=[N+]=[N-]. The van der Waals surface area contributed by atoms with E-state index in [4.69, 9.17) is 28.1 Å². The Morgan fingerprint density at radius 2 is 1.35 bits per heavy atom. The predicted octanol–water partition coefficient (Wildman–Crippen LogP) is 7.74. The lowest BCUT2D eigenvalue weighted by atomic mass is 9.96. The molecular weight excluding hydrogens is 659 g/mol. The molecule has 5 rings (SSSR count). The van der Waals surface area contributed by atoms with Gasteiger partial charge in [-0.25, -0.2) is 0 Å². The number of methoxy groups -OCH3 is 1. The normalized spacial score (nSPS) is 21.3. The standard InChI is InChI=1S/C41H49N3O6Si/c1-7-30(2)49-40-37(43-44-42)39(47-27-31-17-11-8-12-18-31)38(46-28-32-23-25-33(45-6)26-24-32)36(50-40)29-48-51(41(3,4)5,34-19-13-9-14-20-34)35-21-15-10-16-22-35/h7-26,30,36-40H,1,27-29H2,2-6H3/t30?,36-,37-,38-,39-,40-/m1/s1. The second-order valence-corrected chi connectivity index (χ2v) is 18.0. The van der Waals surface area contributed by atoms with Crippen LogP contribution >= 0.6 is 0 Å². The largest absolute Gasteiger partial charge is 0.497 e. The Hall–Kier alpha value is -4.25. The van der Waals surface area contributed by atoms with E-state index in [1.807, 2.05) is 73.7 Å². The number of hydrogen-bond donors (Lipinski definition) is 0. The van der Waals surface area contributed by atoms with Crippen LogP contribution in [0.15, 0.2) is 133 Å². The molecule has 0 aliphatic carbocycles. The van der Waals surface area contributed by atoms with Crippen molar-refractivity contribution < 1.29 is 28.1 Å². The summed E-state index contributed by atoms with van der Waals surface area (Å²) >= 11 is 0. The molecule has 4 aromatic carbocycles. The van der Waals surface area contributed by atoms with E-state index in [1.54, 1.807) is 13.2 Å². The second-order valence-electron chi connectivity index (χ2n) is 13.7. The highest BCUT2D eigenvalue weighted by atomic mass is 28.4. The zero-order valence-corrected chi connectivity index (χ0v) is 31.1. The molecule has 1 aliphatic rings. The van der Waals surface area contributed by atoms with Gasteiger partial charge in [0.15, 0.2) is 6.29 Å². The maximum atomic E-state index is 9.79. The van der Waals surface area contributed by atoms with Gasteiger partial charge in [-0.05, 0) is 51.1 Å². The van der Waals surface area contributed by atoms with Gasteiger partial charge in [0.05, 0.1) is 33.0 Å². The Kier molecular flexibility index (Phi) is 13.3. The molecule has 0 spiro atoms. The Bertz CT molecular complexity index is 1660. The minimum atomic E-state index is -2.98. The molecule has 51 heavy (non-hydrogen) atoms. The first kappa shape index (κ1) is 38.0. The first-order valence-corrected chi connectivity index (χ1v) is 19.2. The van der Waals surface area contributed by atoms with Crippen molar-refractivity contribution in [2.75, 3.05) is 13.7 Å². The highest BCUT2D eigenvalue weighted by molar-refractivity contribution is 6.99. The molecule has 9 nitrogen and oxygen atoms in total. The van der Waals surface area contributed by atoms with Crippen molar-refractivity contribution in [2.45, 2.75) is 82.7 Å². The van der Waals surface area contributed by atoms with E-state index in [2.05, 4.69) is 85.9 Å². The van der Waals surface area contributed by atoms with Crippen LogP contribution in [0.1, 0.15) is 38.8 Å². The summed E-state index contributed by atoms with van der Waals surface area (Å²) in [7, 11) is -1.34. The molecule has 0 N–H and O–H groups in total. The van der Waals surface area contributed by atoms with E-state index in [0.717, 1.165) is 27.2 Å². The molecular formula is C41H49N3O6Si. The number of azide groups is 1. The van der Waals surface area contributed by atoms with Crippen LogP contribution < -0.4 is 15.1 Å². The highest BCUT2D eigenvalue weighted by Crippen LogP contribution is 2.38. The van der Waals surface area contributed by atoms with E-state index in [0.29, 0.717) is 0 Å². The van der Waals surface area contributed by atoms with Crippen molar-refractivity contribution >= 4 is 18.7 Å². The molecule has 4 aromatic rings. The average molecular weight is 708 g/mol. The lowest BCUT2D eigenvalue weighted by Gasteiger charge is -2.48. The molecule has 0 amide bonds. The van der Waals surface area contributed by atoms with Crippen molar-refractivity contribution in [3.63, 3.8) is 0 Å². The molecule has 0 radical (unpaired) electrons. The van der Waals surface area contributed by atoms with Gasteiger partial charge in [-0.15, -0.1) is 6.58 Å². The van der Waals surface area contributed by atoms with Crippen LogP contribution in [0.3, 0.4) is 0 Å². The van der Waals surface area contributed by atoms with Crippen LogP contribution in [-0.4, -0.2) is 58.8 Å². The number of ether oxygens (including phenoxy) is 5. The number of benzene rings is 4. The highest BCUT2D eigenvalue weighted by Gasteiger charge is 2.53. The lowest BCUT2D eigenvalue weighted by Crippen LogP contribution is -2.68. The summed E-state index contributed by atoms with van der Waals surface area (Å²) in [5.74, 6) is 0.750. The Balaban J connectivity index is 1.58. The number of nitrogens with zero attached hydrogens (tertiary/aromatic N) is 3. The van der Waals surface area contributed by atoms with Crippen LogP contribution in [0.5, 0.6) is 5.75 Å². The van der Waals surface area contributed by atoms with Crippen molar-refractivity contribution in [3.8, 4) is 5.75 Å². The fourth-order valence-electron chi connectivity index (χ4n) is 6.63. The van der Waals surface area contributed by atoms with Crippen molar-refractivity contribution in [3.05, 3.63) is 149 Å². The van der Waals surface area contributed by atoms with Crippen LogP contribution in [0.4, 0.5) is 0 Å². The maximum absolute atomic E-state index is 9.79. The molecule has 6 atom stereocenters. The molecule has 0 aromatic heterocycles. The first-order chi connectivity index (χ1) is 24.7. The quantitative estimate of drug-likeness (QED) is 0.0388. The van der Waals surface area contributed by atoms with Crippen LogP contribution in [-0.2, 0) is 36.6 Å². The van der Waals surface area contributed by atoms with E-state index in [1.165, 1.54) is 0 Å². The van der Waals surface area contributed by atoms with Crippen LogP contribution in [0, 0.1) is 0 Å². The third kappa shape index (κ3) is 9.16. The molecule has 0 bridgehead atoms. The van der Waals surface area contributed by atoms with Gasteiger partial charge in [-0.3, -0.25) is 0 Å². The van der Waals surface area contributed by atoms with E-state index >= 15 is 0 Å². The van der Waals surface area contributed by atoms with Gasteiger partial charge in [0.25, 0.3) is 8.32 Å². The molecule has 1 fully saturated rings. The molecule has 0 saturated carbocycles. The average Bonchev–Trinajstić information content (AvgIpc) is 3.15. The van der Waals surface area contributed by atoms with E-state index < -0.39 is 45.1 Å². The number of hydrogen-bond acceptors (Lipinski definition) is 7. The monoisotopic (exact) mass is 707 g/mol. The topological polar surface area (TPSA) is 104 Å². The summed E-state index contributed by atoms with van der Waals surface area (Å²) < 4.78 is 39.3. The Morgan fingerprint density at radius 3 is 1.86 bits per heavy atom. The van der Waals surface area contributed by atoms with Gasteiger partial charge in [-0.1, -0.05) is 135 Å². The summed E-state index contributed by atoms with van der Waals surface area (Å²) in [5.41, 5.74) is 11.7. The molecule has 1 saturated heterocycles. The molecule has 268 valence electrons. The summed E-state index contributed by atoms with van der Waals surface area (Å²) in [5, 5.41) is 6.22. The summed E-state index contributed by atoms with van der Waals surface area (Å²) in [6, 6.07) is 37.6. The van der Waals surface area contributed by atoms with Gasteiger partial charge in [0.2, 0.25) is 0 Å². The van der Waals surface area contributed by atoms with Crippen LogP contribution in [0.2, 0.25) is 5.04 Å². The van der Waals surface area contributed by atoms with Crippen molar-refractivity contribution in [1.29, 1.82) is 0 Å². The summed E-state index contributed by atoms with van der Waals surface area (Å²) in [6.07, 6.45) is -1.79. The van der Waals surface area contributed by atoms with E-state index in [9.17, 15) is 5.53 Å². The smallest absolute Gasteiger partial charge is 0.261 e. The minimum Gasteiger partial charge on any atom is -0.497 e. The Labute approximate surface area is 302 Å². The van der Waals surface area contributed by atoms with Gasteiger partial charge >= 0.3 is 0 Å². The van der Waals surface area contributed by atoms with E-state index in [-0.39, 0.29) is 24.9 Å². The minimum absolute atomic E-state index is 0.164. The molecule has 1 unspecified atom stereocenters. The van der Waals surface area contributed by atoms with Gasteiger partial charge < -0.3 is 28.1 Å². The first-order valence-electron chi connectivity index (χ1n) is 17.3. The zero-order chi connectivity index (χ0) is 36.3. The molecule has 1 heterocycles. The zero-order valence-electron chi connectivity index (χ0n) is 30.1. The third-order valence-corrected chi connectivity index (χ3v) is 14.3. The fraction of sp³-hybridized carbons (Fsp3) is 0.366. The summed E-state index contributed by atoms with van der Waals surface area (Å²) in [4.78, 5) is 3.21. The second kappa shape index (κ2) is 17.8. The van der Waals surface area contributed by atoms with Crippen LogP contribution in [0.25, 0.3) is 10.4 Å². The van der Waals surface area contributed by atoms with Gasteiger partial charge in [-0.2, -0.15) is 0 Å². The van der Waals surface area contributed by atoms with Crippen molar-refractivity contribution in [2.24, 2.45) is 5.11 Å². The Morgan fingerprint density at radius 1 is 0.824 bits per heavy atom. The predicted molar refractivity (Wildman–Crippen MR) is 203 cm³/mol. The van der Waals surface area contributed by atoms with Gasteiger partial charge in [0, 0.05) is 4.91 Å². The molecule has 1 aliphatic heterocycles.